The molecule has 0 spiro atoms. The second kappa shape index (κ2) is 9.12. The zero-order chi connectivity index (χ0) is 16.5. The molecule has 23 heavy (non-hydrogen) atoms. The van der Waals surface area contributed by atoms with Gasteiger partial charge in [0.25, 0.3) is 0 Å². The molecule has 1 fully saturated rings. The number of hydrogen-bond donors (Lipinski definition) is 2. The topological polar surface area (TPSA) is 79.9 Å². The number of hydrogen-bond acceptors (Lipinski definition) is 4. The Morgan fingerprint density at radius 2 is 1.91 bits per heavy atom. The molecule has 0 aliphatic carbocycles. The third kappa shape index (κ3) is 5.88. The molecule has 1 saturated heterocycles. The minimum Gasteiger partial charge on any atom is -0.383 e. The van der Waals surface area contributed by atoms with Gasteiger partial charge in [-0.2, -0.15) is 0 Å². The quantitative estimate of drug-likeness (QED) is 0.762. The molecular formula is C16H23N3O4. The highest BCUT2D eigenvalue weighted by molar-refractivity contribution is 5.89. The van der Waals surface area contributed by atoms with Gasteiger partial charge in [-0.3, -0.25) is 4.79 Å². The molecule has 0 saturated carbocycles. The standard InChI is InChI=1S/C16H23N3O4/c1-22-9-6-17-16(21)18-14-4-2-13(3-5-14)12-15(20)19-7-10-23-11-8-19/h2-5H,6-12H2,1H3,(H2,17,18,21). The maximum Gasteiger partial charge on any atom is 0.319 e. The van der Waals surface area contributed by atoms with Crippen LogP contribution in [0.25, 0.3) is 0 Å². The first kappa shape index (κ1) is 17.2. The summed E-state index contributed by atoms with van der Waals surface area (Å²) >= 11 is 0. The number of rotatable bonds is 6. The molecule has 3 amide bonds. The first-order chi connectivity index (χ1) is 11.2. The fraction of sp³-hybridized carbons (Fsp3) is 0.500. The largest absolute Gasteiger partial charge is 0.383 e. The van der Waals surface area contributed by atoms with E-state index < -0.39 is 0 Å². The lowest BCUT2D eigenvalue weighted by Crippen LogP contribution is -2.41. The number of urea groups is 1. The van der Waals surface area contributed by atoms with Gasteiger partial charge in [0.15, 0.2) is 0 Å². The van der Waals surface area contributed by atoms with E-state index in [4.69, 9.17) is 9.47 Å². The second-order valence-corrected chi connectivity index (χ2v) is 5.24. The van der Waals surface area contributed by atoms with Gasteiger partial charge in [-0.05, 0) is 17.7 Å². The van der Waals surface area contributed by atoms with E-state index in [1.165, 1.54) is 0 Å². The lowest BCUT2D eigenvalue weighted by molar-refractivity contribution is -0.134. The van der Waals surface area contributed by atoms with Crippen molar-refractivity contribution in [1.29, 1.82) is 0 Å². The van der Waals surface area contributed by atoms with Gasteiger partial charge in [-0.1, -0.05) is 12.1 Å². The van der Waals surface area contributed by atoms with Crippen LogP contribution in [0.3, 0.4) is 0 Å². The summed E-state index contributed by atoms with van der Waals surface area (Å²) in [6.07, 6.45) is 0.361. The van der Waals surface area contributed by atoms with Crippen LogP contribution in [0, 0.1) is 0 Å². The Hall–Kier alpha value is -2.12. The van der Waals surface area contributed by atoms with Gasteiger partial charge in [0, 0.05) is 32.4 Å². The molecule has 0 atom stereocenters. The van der Waals surface area contributed by atoms with Crippen LogP contribution in [-0.4, -0.2) is 63.4 Å². The molecule has 7 nitrogen and oxygen atoms in total. The number of carbonyl (C=O) groups excluding carboxylic acids is 2. The van der Waals surface area contributed by atoms with E-state index >= 15 is 0 Å². The van der Waals surface area contributed by atoms with Gasteiger partial charge in [-0.25, -0.2) is 4.79 Å². The van der Waals surface area contributed by atoms with Crippen molar-refractivity contribution >= 4 is 17.6 Å². The van der Waals surface area contributed by atoms with Gasteiger partial charge >= 0.3 is 6.03 Å². The molecule has 126 valence electrons. The van der Waals surface area contributed by atoms with Crippen LogP contribution < -0.4 is 10.6 Å². The molecule has 1 aromatic rings. The minimum atomic E-state index is -0.279. The van der Waals surface area contributed by atoms with Gasteiger partial charge in [-0.15, -0.1) is 0 Å². The Labute approximate surface area is 135 Å². The summed E-state index contributed by atoms with van der Waals surface area (Å²) in [4.78, 5) is 25.6. The summed E-state index contributed by atoms with van der Waals surface area (Å²) < 4.78 is 10.1. The van der Waals surface area contributed by atoms with Crippen LogP contribution in [0.4, 0.5) is 10.5 Å². The van der Waals surface area contributed by atoms with Crippen molar-refractivity contribution < 1.29 is 19.1 Å². The van der Waals surface area contributed by atoms with Gasteiger partial charge in [0.1, 0.15) is 0 Å². The predicted molar refractivity (Wildman–Crippen MR) is 86.4 cm³/mol. The number of nitrogens with zero attached hydrogens (tertiary/aromatic N) is 1. The monoisotopic (exact) mass is 321 g/mol. The molecule has 0 aromatic heterocycles. The highest BCUT2D eigenvalue weighted by Gasteiger charge is 2.16. The van der Waals surface area contributed by atoms with Gasteiger partial charge in [0.2, 0.25) is 5.91 Å². The highest BCUT2D eigenvalue weighted by atomic mass is 16.5. The van der Waals surface area contributed by atoms with Crippen LogP contribution in [0.5, 0.6) is 0 Å². The molecule has 7 heteroatoms. The molecular weight excluding hydrogens is 298 g/mol. The van der Waals surface area contributed by atoms with Crippen molar-refractivity contribution in [1.82, 2.24) is 10.2 Å². The first-order valence-corrected chi connectivity index (χ1v) is 7.67. The smallest absolute Gasteiger partial charge is 0.319 e. The van der Waals surface area contributed by atoms with Crippen molar-refractivity contribution in [3.05, 3.63) is 29.8 Å². The summed E-state index contributed by atoms with van der Waals surface area (Å²) in [6.45, 7) is 3.43. The molecule has 0 unspecified atom stereocenters. The second-order valence-electron chi connectivity index (χ2n) is 5.24. The Kier molecular flexibility index (Phi) is 6.83. The van der Waals surface area contributed by atoms with E-state index in [1.54, 1.807) is 19.2 Å². The SMILES string of the molecule is COCCNC(=O)Nc1ccc(CC(=O)N2CCOCC2)cc1. The highest BCUT2D eigenvalue weighted by Crippen LogP contribution is 2.11. The third-order valence-corrected chi connectivity index (χ3v) is 3.52. The fourth-order valence-electron chi connectivity index (χ4n) is 2.25. The van der Waals surface area contributed by atoms with E-state index in [0.717, 1.165) is 5.56 Å². The maximum atomic E-state index is 12.2. The fourth-order valence-corrected chi connectivity index (χ4v) is 2.25. The number of carbonyl (C=O) groups is 2. The summed E-state index contributed by atoms with van der Waals surface area (Å²) in [6, 6.07) is 7.00. The Morgan fingerprint density at radius 1 is 1.22 bits per heavy atom. The summed E-state index contributed by atoms with van der Waals surface area (Å²) in [5.74, 6) is 0.103. The number of nitrogens with one attached hydrogen (secondary N) is 2. The lowest BCUT2D eigenvalue weighted by atomic mass is 10.1. The number of morpholine rings is 1. The van der Waals surface area contributed by atoms with Crippen molar-refractivity contribution in [3.63, 3.8) is 0 Å². The van der Waals surface area contributed by atoms with Gasteiger partial charge < -0.3 is 25.0 Å². The lowest BCUT2D eigenvalue weighted by Gasteiger charge is -2.26. The zero-order valence-corrected chi connectivity index (χ0v) is 13.3. The molecule has 1 aromatic carbocycles. The maximum absolute atomic E-state index is 12.2. The number of benzene rings is 1. The van der Waals surface area contributed by atoms with Crippen molar-refractivity contribution in [2.75, 3.05) is 51.9 Å². The van der Waals surface area contributed by atoms with Crippen molar-refractivity contribution in [2.24, 2.45) is 0 Å². The van der Waals surface area contributed by atoms with Crippen LogP contribution in [-0.2, 0) is 20.7 Å². The van der Waals surface area contributed by atoms with Gasteiger partial charge in [0.05, 0.1) is 26.2 Å². The molecule has 0 bridgehead atoms. The molecule has 2 rings (SSSR count). The Balaban J connectivity index is 1.79. The molecule has 0 radical (unpaired) electrons. The number of methoxy groups -OCH3 is 1. The molecule has 1 heterocycles. The van der Waals surface area contributed by atoms with E-state index in [-0.39, 0.29) is 11.9 Å². The summed E-state index contributed by atoms with van der Waals surface area (Å²) in [7, 11) is 1.58. The van der Waals surface area contributed by atoms with E-state index in [0.29, 0.717) is 51.6 Å². The Bertz CT molecular complexity index is 513. The van der Waals surface area contributed by atoms with E-state index in [2.05, 4.69) is 10.6 Å². The number of anilines is 1. The van der Waals surface area contributed by atoms with Crippen LogP contribution in [0.15, 0.2) is 24.3 Å². The van der Waals surface area contributed by atoms with Crippen molar-refractivity contribution in [2.45, 2.75) is 6.42 Å². The number of amides is 3. The Morgan fingerprint density at radius 3 is 2.57 bits per heavy atom. The number of ether oxygens (including phenoxy) is 2. The van der Waals surface area contributed by atoms with Crippen LogP contribution >= 0.6 is 0 Å². The third-order valence-electron chi connectivity index (χ3n) is 3.52. The molecule has 1 aliphatic heterocycles. The predicted octanol–water partition coefficient (Wildman–Crippen LogP) is 0.856. The van der Waals surface area contributed by atoms with Crippen LogP contribution in [0.1, 0.15) is 5.56 Å². The first-order valence-electron chi connectivity index (χ1n) is 7.67. The van der Waals surface area contributed by atoms with Crippen molar-refractivity contribution in [3.8, 4) is 0 Å². The molecule has 1 aliphatic rings. The summed E-state index contributed by atoms with van der Waals surface area (Å²) in [5.41, 5.74) is 1.61. The normalized spacial score (nSPS) is 14.4. The summed E-state index contributed by atoms with van der Waals surface area (Å²) in [5, 5.41) is 5.40. The molecule has 2 N–H and O–H groups in total. The van der Waals surface area contributed by atoms with Crippen LogP contribution in [0.2, 0.25) is 0 Å². The zero-order valence-electron chi connectivity index (χ0n) is 13.3. The van der Waals surface area contributed by atoms with E-state index in [1.807, 2.05) is 17.0 Å². The average Bonchev–Trinajstić information content (AvgIpc) is 2.57. The minimum absolute atomic E-state index is 0.103. The average molecular weight is 321 g/mol. The van der Waals surface area contributed by atoms with E-state index in [9.17, 15) is 9.59 Å².